The van der Waals surface area contributed by atoms with Crippen molar-refractivity contribution < 1.29 is 4.52 Å². The van der Waals surface area contributed by atoms with Gasteiger partial charge in [0, 0.05) is 0 Å². The van der Waals surface area contributed by atoms with Crippen molar-refractivity contribution in [2.24, 2.45) is 0 Å². The predicted octanol–water partition coefficient (Wildman–Crippen LogP) is 2.42. The number of benzene rings is 2. The van der Waals surface area contributed by atoms with Gasteiger partial charge in [-0.3, -0.25) is 0 Å². The van der Waals surface area contributed by atoms with Crippen LogP contribution in [0.3, 0.4) is 0 Å². The molecular formula is C15H12N2O2. The largest absolute Gasteiger partial charge is 0.384 e. The molecule has 0 radical (unpaired) electrons. The zero-order chi connectivity index (χ0) is 13.1. The molecule has 0 aliphatic heterocycles. The summed E-state index contributed by atoms with van der Waals surface area (Å²) in [6, 6.07) is 19.0. The van der Waals surface area contributed by atoms with Gasteiger partial charge in [-0.05, 0) is 17.7 Å². The summed E-state index contributed by atoms with van der Waals surface area (Å²) in [6.45, 7) is 0. The van der Waals surface area contributed by atoms with Gasteiger partial charge in [0.15, 0.2) is 0 Å². The average molecular weight is 252 g/mol. The maximum absolute atomic E-state index is 11.8. The first kappa shape index (κ1) is 11.5. The summed E-state index contributed by atoms with van der Waals surface area (Å²) in [5, 5.41) is 0. The van der Waals surface area contributed by atoms with Crippen LogP contribution in [0.1, 0.15) is 11.5 Å². The summed E-state index contributed by atoms with van der Waals surface area (Å²) in [6.07, 6.45) is 0.510. The van der Waals surface area contributed by atoms with Crippen molar-refractivity contribution in [1.82, 2.24) is 9.72 Å². The Hall–Kier alpha value is -2.62. The number of rotatable bonds is 3. The van der Waals surface area contributed by atoms with Gasteiger partial charge in [0.2, 0.25) is 5.89 Å². The Morgan fingerprint density at radius 1 is 0.947 bits per heavy atom. The van der Waals surface area contributed by atoms with Crippen LogP contribution in [0.4, 0.5) is 0 Å². The van der Waals surface area contributed by atoms with Crippen LogP contribution < -0.4 is 5.69 Å². The van der Waals surface area contributed by atoms with E-state index in [0.717, 1.165) is 5.56 Å². The zero-order valence-electron chi connectivity index (χ0n) is 10.2. The van der Waals surface area contributed by atoms with Crippen LogP contribution in [0.2, 0.25) is 0 Å². The highest BCUT2D eigenvalue weighted by molar-refractivity contribution is 5.28. The topological polar surface area (TPSA) is 48.0 Å². The average Bonchev–Trinajstić information content (AvgIpc) is 2.82. The Kier molecular flexibility index (Phi) is 2.98. The molecule has 0 amide bonds. The normalized spacial score (nSPS) is 10.5. The Morgan fingerprint density at radius 3 is 2.26 bits per heavy atom. The molecule has 0 atom stereocenters. The highest BCUT2D eigenvalue weighted by atomic mass is 16.5. The number of aromatic nitrogens is 2. The monoisotopic (exact) mass is 252 g/mol. The minimum Gasteiger partial charge on any atom is -0.354 e. The molecule has 0 aliphatic carbocycles. The predicted molar refractivity (Wildman–Crippen MR) is 71.3 cm³/mol. The molecule has 0 bridgehead atoms. The smallest absolute Gasteiger partial charge is 0.354 e. The lowest BCUT2D eigenvalue weighted by atomic mass is 10.2. The van der Waals surface area contributed by atoms with Crippen LogP contribution in [0.5, 0.6) is 0 Å². The van der Waals surface area contributed by atoms with Gasteiger partial charge in [-0.15, -0.1) is 4.74 Å². The van der Waals surface area contributed by atoms with E-state index in [9.17, 15) is 4.79 Å². The Balaban J connectivity index is 1.92. The van der Waals surface area contributed by atoms with E-state index in [1.54, 1.807) is 12.1 Å². The fraction of sp³-hybridized carbons (Fsp3) is 0.0667. The van der Waals surface area contributed by atoms with Crippen LogP contribution in [-0.2, 0) is 6.42 Å². The molecule has 4 heteroatoms. The second-order valence-corrected chi connectivity index (χ2v) is 4.17. The van der Waals surface area contributed by atoms with Crippen LogP contribution in [0.25, 0.3) is 5.69 Å². The summed E-state index contributed by atoms with van der Waals surface area (Å²) < 4.78 is 6.70. The standard InChI is InChI=1S/C15H12N2O2/c18-15-16-14(11-12-7-3-1-4-8-12)19-17(15)13-9-5-2-6-10-13/h1-10H,11H2. The summed E-state index contributed by atoms with van der Waals surface area (Å²) in [7, 11) is 0. The Labute approximate surface area is 109 Å². The molecule has 0 N–H and O–H groups in total. The molecule has 1 heterocycles. The lowest BCUT2D eigenvalue weighted by Gasteiger charge is -1.98. The van der Waals surface area contributed by atoms with Gasteiger partial charge in [0.25, 0.3) is 0 Å². The molecule has 0 saturated carbocycles. The van der Waals surface area contributed by atoms with Crippen LogP contribution >= 0.6 is 0 Å². The van der Waals surface area contributed by atoms with Gasteiger partial charge in [0.05, 0.1) is 12.1 Å². The van der Waals surface area contributed by atoms with Gasteiger partial charge in [0.1, 0.15) is 0 Å². The molecule has 4 nitrogen and oxygen atoms in total. The summed E-state index contributed by atoms with van der Waals surface area (Å²) in [5.41, 5.74) is 1.35. The molecule has 0 fully saturated rings. The van der Waals surface area contributed by atoms with E-state index in [0.29, 0.717) is 18.0 Å². The lowest BCUT2D eigenvalue weighted by molar-refractivity contribution is 0.314. The quantitative estimate of drug-likeness (QED) is 0.719. The molecule has 3 rings (SSSR count). The van der Waals surface area contributed by atoms with Crippen LogP contribution in [0, 0.1) is 0 Å². The second kappa shape index (κ2) is 4.94. The molecule has 0 unspecified atom stereocenters. The first-order valence-corrected chi connectivity index (χ1v) is 6.01. The molecular weight excluding hydrogens is 240 g/mol. The first-order valence-electron chi connectivity index (χ1n) is 6.01. The van der Waals surface area contributed by atoms with Crippen molar-refractivity contribution in [3.05, 3.63) is 82.6 Å². The molecule has 94 valence electrons. The van der Waals surface area contributed by atoms with E-state index in [-0.39, 0.29) is 0 Å². The van der Waals surface area contributed by atoms with Gasteiger partial charge < -0.3 is 4.52 Å². The third-order valence-corrected chi connectivity index (χ3v) is 2.78. The highest BCUT2D eigenvalue weighted by Crippen LogP contribution is 2.09. The highest BCUT2D eigenvalue weighted by Gasteiger charge is 2.09. The van der Waals surface area contributed by atoms with Crippen molar-refractivity contribution in [3.63, 3.8) is 0 Å². The van der Waals surface area contributed by atoms with Crippen molar-refractivity contribution in [3.8, 4) is 5.69 Å². The molecule has 0 aliphatic rings. The van der Waals surface area contributed by atoms with Crippen molar-refractivity contribution in [2.75, 3.05) is 0 Å². The van der Waals surface area contributed by atoms with E-state index in [4.69, 9.17) is 4.52 Å². The molecule has 19 heavy (non-hydrogen) atoms. The third-order valence-electron chi connectivity index (χ3n) is 2.78. The van der Waals surface area contributed by atoms with Crippen molar-refractivity contribution in [1.29, 1.82) is 0 Å². The molecule has 1 aromatic heterocycles. The number of hydrogen-bond acceptors (Lipinski definition) is 3. The summed E-state index contributed by atoms with van der Waals surface area (Å²) >= 11 is 0. The molecule has 3 aromatic rings. The first-order chi connectivity index (χ1) is 9.33. The molecule has 0 saturated heterocycles. The van der Waals surface area contributed by atoms with E-state index < -0.39 is 5.69 Å². The maximum atomic E-state index is 11.8. The maximum Gasteiger partial charge on any atom is 0.384 e. The second-order valence-electron chi connectivity index (χ2n) is 4.17. The van der Waals surface area contributed by atoms with E-state index in [2.05, 4.69) is 4.98 Å². The number of nitrogens with zero attached hydrogens (tertiary/aromatic N) is 2. The van der Waals surface area contributed by atoms with Crippen LogP contribution in [-0.4, -0.2) is 9.72 Å². The zero-order valence-corrected chi connectivity index (χ0v) is 10.2. The van der Waals surface area contributed by atoms with Gasteiger partial charge >= 0.3 is 5.69 Å². The van der Waals surface area contributed by atoms with Gasteiger partial charge in [-0.25, -0.2) is 4.79 Å². The van der Waals surface area contributed by atoms with Crippen LogP contribution in [0.15, 0.2) is 70.0 Å². The van der Waals surface area contributed by atoms with Crippen molar-refractivity contribution in [2.45, 2.75) is 6.42 Å². The van der Waals surface area contributed by atoms with E-state index in [1.807, 2.05) is 48.5 Å². The molecule has 2 aromatic carbocycles. The van der Waals surface area contributed by atoms with E-state index in [1.165, 1.54) is 4.74 Å². The third kappa shape index (κ3) is 2.47. The van der Waals surface area contributed by atoms with E-state index >= 15 is 0 Å². The van der Waals surface area contributed by atoms with Crippen molar-refractivity contribution >= 4 is 0 Å². The van der Waals surface area contributed by atoms with Gasteiger partial charge in [-0.1, -0.05) is 48.5 Å². The fourth-order valence-electron chi connectivity index (χ4n) is 1.89. The number of para-hydroxylation sites is 1. The summed E-state index contributed by atoms with van der Waals surface area (Å²) in [4.78, 5) is 15.7. The SMILES string of the molecule is O=c1nc(Cc2ccccc2)on1-c1ccccc1. The number of hydrogen-bond donors (Lipinski definition) is 0. The molecule has 0 spiro atoms. The minimum atomic E-state index is -0.392. The Bertz CT molecular complexity index is 715. The lowest BCUT2D eigenvalue weighted by Crippen LogP contribution is -2.13. The Morgan fingerprint density at radius 2 is 1.58 bits per heavy atom. The van der Waals surface area contributed by atoms with Gasteiger partial charge in [-0.2, -0.15) is 4.98 Å². The minimum absolute atomic E-state index is 0.392. The summed E-state index contributed by atoms with van der Waals surface area (Å²) in [5.74, 6) is 0.417. The fourth-order valence-corrected chi connectivity index (χ4v) is 1.89.